The van der Waals surface area contributed by atoms with E-state index in [-0.39, 0.29) is 5.41 Å². The summed E-state index contributed by atoms with van der Waals surface area (Å²) in [7, 11) is 0. The average Bonchev–Trinajstić information content (AvgIpc) is 2.78. The second kappa shape index (κ2) is 8.76. The Morgan fingerprint density at radius 1 is 0.633 bits per heavy atom. The average molecular weight is 401 g/mol. The van der Waals surface area contributed by atoms with E-state index < -0.39 is 5.41 Å². The van der Waals surface area contributed by atoms with Crippen molar-refractivity contribution in [2.75, 3.05) is 0 Å². The molecule has 2 aliphatic rings. The Morgan fingerprint density at radius 3 is 1.50 bits per heavy atom. The fraction of sp³-hybridized carbons (Fsp3) is 0.414. The molecular weight excluding hydrogens is 364 g/mol. The Hall–Kier alpha value is -2.41. The highest BCUT2D eigenvalue weighted by molar-refractivity contribution is 6.02. The first-order valence-corrected chi connectivity index (χ1v) is 11.4. The lowest BCUT2D eigenvalue weighted by atomic mass is 9.45. The molecule has 0 amide bonds. The first-order valence-electron chi connectivity index (χ1n) is 11.4. The van der Waals surface area contributed by atoms with Gasteiger partial charge in [-0.2, -0.15) is 0 Å². The van der Waals surface area contributed by atoms with E-state index in [1.807, 2.05) is 44.2 Å². The summed E-state index contributed by atoms with van der Waals surface area (Å²) in [5.74, 6) is 0.315. The van der Waals surface area contributed by atoms with Crippen LogP contribution >= 0.6 is 0 Å². The molecule has 0 unspecified atom stereocenters. The first-order chi connectivity index (χ1) is 14.4. The van der Waals surface area contributed by atoms with E-state index in [0.717, 1.165) is 31.2 Å². The monoisotopic (exact) mass is 400 g/mol. The standard InChI is InChI=1S/C27H30O.C2H6/c1-19-15-26(24-13-9-6-10-14-24)16-20(2)22(4)18-27(26,17-21(19)3)25(28)23-11-7-5-8-12-23;1-2/h5-14H,15-18H2,1-4H3;1-2H3. The fourth-order valence-corrected chi connectivity index (χ4v) is 5.70. The molecule has 0 bridgehead atoms. The van der Waals surface area contributed by atoms with Crippen LogP contribution in [-0.4, -0.2) is 5.78 Å². The van der Waals surface area contributed by atoms with Crippen LogP contribution in [0.25, 0.3) is 0 Å². The minimum atomic E-state index is -0.414. The lowest BCUT2D eigenvalue weighted by Crippen LogP contribution is -2.55. The molecule has 0 aromatic heterocycles. The predicted octanol–water partition coefficient (Wildman–Crippen LogP) is 8.08. The van der Waals surface area contributed by atoms with Crippen LogP contribution in [0.4, 0.5) is 0 Å². The van der Waals surface area contributed by atoms with Crippen molar-refractivity contribution >= 4 is 5.78 Å². The topological polar surface area (TPSA) is 17.1 Å². The molecule has 1 nitrogen and oxygen atoms in total. The van der Waals surface area contributed by atoms with Crippen molar-refractivity contribution in [1.29, 1.82) is 0 Å². The largest absolute Gasteiger partial charge is 0.293 e. The number of benzene rings is 2. The molecule has 1 heteroatoms. The van der Waals surface area contributed by atoms with Crippen molar-refractivity contribution in [2.45, 2.75) is 72.6 Å². The molecule has 2 aromatic rings. The lowest BCUT2D eigenvalue weighted by Gasteiger charge is -2.57. The smallest absolute Gasteiger partial charge is 0.170 e. The normalized spacial score (nSPS) is 25.9. The van der Waals surface area contributed by atoms with Crippen LogP contribution in [-0.2, 0) is 5.41 Å². The molecule has 0 atom stereocenters. The van der Waals surface area contributed by atoms with Crippen molar-refractivity contribution in [3.8, 4) is 0 Å². The molecule has 0 spiro atoms. The molecule has 0 saturated heterocycles. The van der Waals surface area contributed by atoms with Gasteiger partial charge in [0.1, 0.15) is 0 Å². The maximum absolute atomic E-state index is 14.2. The Kier molecular flexibility index (Phi) is 6.50. The summed E-state index contributed by atoms with van der Waals surface area (Å²) in [5.41, 5.74) is 7.27. The number of hydrogen-bond acceptors (Lipinski definition) is 1. The summed E-state index contributed by atoms with van der Waals surface area (Å²) >= 11 is 0. The van der Waals surface area contributed by atoms with Crippen LogP contribution in [0, 0.1) is 5.41 Å². The summed E-state index contributed by atoms with van der Waals surface area (Å²) in [6, 6.07) is 20.8. The zero-order chi connectivity index (χ0) is 21.9. The molecule has 2 aromatic carbocycles. The van der Waals surface area contributed by atoms with Crippen molar-refractivity contribution in [3.05, 3.63) is 94.1 Å². The molecule has 0 N–H and O–H groups in total. The predicted molar refractivity (Wildman–Crippen MR) is 128 cm³/mol. The SMILES string of the molecule is CC.CC1=C(C)CC2(c3ccccc3)CC(C)=C(C)CC2(C(=O)c2ccccc2)C1. The number of rotatable bonds is 3. The number of allylic oxidation sites excluding steroid dienone is 4. The number of fused-ring (bicyclic) bond motifs is 1. The molecule has 0 radical (unpaired) electrons. The first kappa shape index (κ1) is 22.3. The van der Waals surface area contributed by atoms with E-state index >= 15 is 0 Å². The number of Topliss-reactive ketones (excluding diaryl/α,β-unsaturated/α-hetero) is 1. The van der Waals surface area contributed by atoms with Crippen molar-refractivity contribution in [3.63, 3.8) is 0 Å². The number of carbonyl (C=O) groups is 1. The van der Waals surface area contributed by atoms with Gasteiger partial charge in [0, 0.05) is 11.0 Å². The van der Waals surface area contributed by atoms with E-state index in [1.165, 1.54) is 27.9 Å². The highest BCUT2D eigenvalue weighted by Crippen LogP contribution is 2.63. The summed E-state index contributed by atoms with van der Waals surface area (Å²) in [6.07, 6.45) is 3.64. The van der Waals surface area contributed by atoms with Crippen LogP contribution in [0.1, 0.15) is 83.1 Å². The molecule has 4 rings (SSSR count). The Bertz CT molecular complexity index is 930. The maximum Gasteiger partial charge on any atom is 0.170 e. The van der Waals surface area contributed by atoms with Gasteiger partial charge in [-0.05, 0) is 58.9 Å². The third-order valence-electron chi connectivity index (χ3n) is 7.44. The maximum atomic E-state index is 14.2. The van der Waals surface area contributed by atoms with Gasteiger partial charge < -0.3 is 0 Å². The number of hydrogen-bond donors (Lipinski definition) is 0. The molecule has 2 aliphatic carbocycles. The zero-order valence-electron chi connectivity index (χ0n) is 19.5. The summed E-state index contributed by atoms with van der Waals surface area (Å²) < 4.78 is 0. The molecule has 0 aliphatic heterocycles. The third kappa shape index (κ3) is 3.49. The van der Waals surface area contributed by atoms with Gasteiger partial charge in [0.2, 0.25) is 0 Å². The molecule has 30 heavy (non-hydrogen) atoms. The Labute approximate surface area is 182 Å². The van der Waals surface area contributed by atoms with E-state index in [9.17, 15) is 4.79 Å². The van der Waals surface area contributed by atoms with Gasteiger partial charge in [-0.1, -0.05) is 96.8 Å². The van der Waals surface area contributed by atoms with Crippen molar-refractivity contribution in [1.82, 2.24) is 0 Å². The second-order valence-electron chi connectivity index (χ2n) is 9.05. The van der Waals surface area contributed by atoms with Crippen LogP contribution in [0.5, 0.6) is 0 Å². The van der Waals surface area contributed by atoms with Crippen molar-refractivity contribution < 1.29 is 4.79 Å². The van der Waals surface area contributed by atoms with Gasteiger partial charge in [-0.3, -0.25) is 4.79 Å². The molecular formula is C29H36O. The van der Waals surface area contributed by atoms with E-state index in [2.05, 4.69) is 58.0 Å². The summed E-state index contributed by atoms with van der Waals surface area (Å²) in [5, 5.41) is 0. The molecule has 0 saturated carbocycles. The minimum absolute atomic E-state index is 0.172. The van der Waals surface area contributed by atoms with E-state index in [4.69, 9.17) is 0 Å². The van der Waals surface area contributed by atoms with Gasteiger partial charge in [0.05, 0.1) is 5.41 Å². The summed E-state index contributed by atoms with van der Waals surface area (Å²) in [4.78, 5) is 14.2. The van der Waals surface area contributed by atoms with Gasteiger partial charge in [-0.25, -0.2) is 0 Å². The third-order valence-corrected chi connectivity index (χ3v) is 7.44. The van der Waals surface area contributed by atoms with E-state index in [0.29, 0.717) is 5.78 Å². The van der Waals surface area contributed by atoms with Crippen LogP contribution in [0.2, 0.25) is 0 Å². The molecule has 158 valence electrons. The van der Waals surface area contributed by atoms with Gasteiger partial charge in [-0.15, -0.1) is 0 Å². The summed E-state index contributed by atoms with van der Waals surface area (Å²) in [6.45, 7) is 13.0. The molecule has 0 fully saturated rings. The Morgan fingerprint density at radius 2 is 1.03 bits per heavy atom. The van der Waals surface area contributed by atoms with Gasteiger partial charge in [0.15, 0.2) is 5.78 Å². The van der Waals surface area contributed by atoms with Crippen LogP contribution < -0.4 is 0 Å². The van der Waals surface area contributed by atoms with Crippen molar-refractivity contribution in [2.24, 2.45) is 5.41 Å². The highest BCUT2D eigenvalue weighted by Gasteiger charge is 2.60. The van der Waals surface area contributed by atoms with E-state index in [1.54, 1.807) is 0 Å². The minimum Gasteiger partial charge on any atom is -0.293 e. The van der Waals surface area contributed by atoms with Crippen LogP contribution in [0.3, 0.4) is 0 Å². The lowest BCUT2D eigenvalue weighted by molar-refractivity contribution is 0.0491. The zero-order valence-corrected chi connectivity index (χ0v) is 19.5. The van der Waals surface area contributed by atoms with Crippen LogP contribution in [0.15, 0.2) is 83.0 Å². The second-order valence-corrected chi connectivity index (χ2v) is 9.05. The van der Waals surface area contributed by atoms with Gasteiger partial charge >= 0.3 is 0 Å². The number of ketones is 1. The Balaban J connectivity index is 0.00000124. The highest BCUT2D eigenvalue weighted by atomic mass is 16.1. The fourth-order valence-electron chi connectivity index (χ4n) is 5.70. The number of carbonyl (C=O) groups excluding carboxylic acids is 1. The quantitative estimate of drug-likeness (QED) is 0.376. The molecule has 0 heterocycles. The van der Waals surface area contributed by atoms with Gasteiger partial charge in [0.25, 0.3) is 0 Å².